The number of nitrogens with zero attached hydrogens (tertiary/aromatic N) is 3. The van der Waals surface area contributed by atoms with Crippen molar-refractivity contribution in [3.05, 3.63) is 11.9 Å². The van der Waals surface area contributed by atoms with Gasteiger partial charge in [0, 0.05) is 17.9 Å². The third-order valence-electron chi connectivity index (χ3n) is 2.95. The minimum Gasteiger partial charge on any atom is -0.294 e. The minimum absolute atomic E-state index is 0.675. The van der Waals surface area contributed by atoms with Crippen molar-refractivity contribution in [3.8, 4) is 0 Å². The molecule has 3 nitrogen and oxygen atoms in total. The highest BCUT2D eigenvalue weighted by molar-refractivity contribution is 9.09. The van der Waals surface area contributed by atoms with E-state index < -0.39 is 0 Å². The SMILES string of the molecule is BrCC1CCCCCN1Cc1cnsn1. The molecule has 1 aliphatic heterocycles. The average Bonchev–Trinajstić information content (AvgIpc) is 2.64. The number of rotatable bonds is 3. The zero-order valence-corrected chi connectivity index (χ0v) is 11.1. The Hall–Kier alpha value is -0.0000000000000000278. The molecule has 1 aromatic rings. The summed E-state index contributed by atoms with van der Waals surface area (Å²) in [5.41, 5.74) is 1.12. The lowest BCUT2D eigenvalue weighted by molar-refractivity contribution is 0.207. The predicted molar refractivity (Wildman–Crippen MR) is 66.4 cm³/mol. The maximum absolute atomic E-state index is 4.28. The van der Waals surface area contributed by atoms with Crippen molar-refractivity contribution in [2.75, 3.05) is 11.9 Å². The average molecular weight is 290 g/mol. The molecule has 5 heteroatoms. The molecular weight excluding hydrogens is 274 g/mol. The van der Waals surface area contributed by atoms with E-state index in [1.54, 1.807) is 0 Å². The third kappa shape index (κ3) is 3.23. The number of aromatic nitrogens is 2. The second-order valence-corrected chi connectivity index (χ2v) is 5.23. The lowest BCUT2D eigenvalue weighted by atomic mass is 10.1. The van der Waals surface area contributed by atoms with Crippen LogP contribution in [0.3, 0.4) is 0 Å². The fraction of sp³-hybridized carbons (Fsp3) is 0.800. The van der Waals surface area contributed by atoms with E-state index in [4.69, 9.17) is 0 Å². The van der Waals surface area contributed by atoms with Crippen molar-refractivity contribution in [2.45, 2.75) is 38.3 Å². The second kappa shape index (κ2) is 5.92. The van der Waals surface area contributed by atoms with Gasteiger partial charge in [-0.05, 0) is 19.4 Å². The first kappa shape index (κ1) is 11.5. The summed E-state index contributed by atoms with van der Waals surface area (Å²) in [7, 11) is 0. The molecule has 0 bridgehead atoms. The van der Waals surface area contributed by atoms with Crippen LogP contribution in [0.4, 0.5) is 0 Å². The van der Waals surface area contributed by atoms with Gasteiger partial charge < -0.3 is 0 Å². The monoisotopic (exact) mass is 289 g/mol. The normalized spacial score (nSPS) is 23.9. The number of likely N-dealkylation sites (tertiary alicyclic amines) is 1. The van der Waals surface area contributed by atoms with Crippen LogP contribution in [-0.2, 0) is 6.54 Å². The third-order valence-corrected chi connectivity index (χ3v) is 4.21. The Morgan fingerprint density at radius 2 is 2.40 bits per heavy atom. The smallest absolute Gasteiger partial charge is 0.0883 e. The van der Waals surface area contributed by atoms with Gasteiger partial charge in [-0.3, -0.25) is 4.90 Å². The van der Waals surface area contributed by atoms with E-state index in [-0.39, 0.29) is 0 Å². The molecule has 0 aromatic carbocycles. The number of halogens is 1. The molecule has 1 aliphatic rings. The molecule has 2 heterocycles. The Bertz CT molecular complexity index is 278. The Morgan fingerprint density at radius 3 is 3.13 bits per heavy atom. The van der Waals surface area contributed by atoms with E-state index in [1.807, 2.05) is 6.20 Å². The molecule has 0 N–H and O–H groups in total. The van der Waals surface area contributed by atoms with E-state index in [0.29, 0.717) is 6.04 Å². The molecule has 0 aliphatic carbocycles. The first-order valence-corrected chi connectivity index (χ1v) is 7.32. The van der Waals surface area contributed by atoms with Gasteiger partial charge in [0.15, 0.2) is 0 Å². The Morgan fingerprint density at radius 1 is 1.47 bits per heavy atom. The van der Waals surface area contributed by atoms with E-state index in [9.17, 15) is 0 Å². The Labute approximate surface area is 103 Å². The van der Waals surface area contributed by atoms with E-state index in [1.165, 1.54) is 44.0 Å². The van der Waals surface area contributed by atoms with Crippen LogP contribution in [0.2, 0.25) is 0 Å². The van der Waals surface area contributed by atoms with Crippen LogP contribution < -0.4 is 0 Å². The first-order valence-electron chi connectivity index (χ1n) is 5.46. The molecule has 1 fully saturated rings. The highest BCUT2D eigenvalue weighted by Crippen LogP contribution is 2.20. The number of hydrogen-bond acceptors (Lipinski definition) is 4. The van der Waals surface area contributed by atoms with Crippen LogP contribution in [0.1, 0.15) is 31.4 Å². The standard InChI is InChI=1S/C10H16BrN3S/c11-6-10-4-2-1-3-5-14(10)8-9-7-12-15-13-9/h7,10H,1-6,8H2. The van der Waals surface area contributed by atoms with E-state index >= 15 is 0 Å². The molecule has 0 spiro atoms. The molecule has 2 rings (SSSR count). The molecular formula is C10H16BrN3S. The van der Waals surface area contributed by atoms with Crippen LogP contribution >= 0.6 is 27.7 Å². The lowest BCUT2D eigenvalue weighted by Crippen LogP contribution is -2.35. The van der Waals surface area contributed by atoms with E-state index in [0.717, 1.165) is 17.6 Å². The van der Waals surface area contributed by atoms with Crippen LogP contribution in [0.5, 0.6) is 0 Å². The summed E-state index contributed by atoms with van der Waals surface area (Å²) in [5.74, 6) is 0. The van der Waals surface area contributed by atoms with E-state index in [2.05, 4.69) is 29.6 Å². The zero-order valence-electron chi connectivity index (χ0n) is 8.73. The summed E-state index contributed by atoms with van der Waals surface area (Å²) in [6, 6.07) is 0.675. The van der Waals surface area contributed by atoms with Gasteiger partial charge in [-0.2, -0.15) is 8.75 Å². The molecule has 84 valence electrons. The first-order chi connectivity index (χ1) is 7.40. The van der Waals surface area contributed by atoms with Crippen LogP contribution in [-0.4, -0.2) is 31.6 Å². The van der Waals surface area contributed by atoms with Gasteiger partial charge in [0.05, 0.1) is 23.6 Å². The molecule has 0 saturated carbocycles. The van der Waals surface area contributed by atoms with Crippen molar-refractivity contribution in [1.29, 1.82) is 0 Å². The summed E-state index contributed by atoms with van der Waals surface area (Å²) in [5, 5.41) is 1.07. The van der Waals surface area contributed by atoms with Gasteiger partial charge in [-0.25, -0.2) is 0 Å². The highest BCUT2D eigenvalue weighted by atomic mass is 79.9. The van der Waals surface area contributed by atoms with Gasteiger partial charge in [-0.1, -0.05) is 28.8 Å². The van der Waals surface area contributed by atoms with Crippen molar-refractivity contribution in [2.24, 2.45) is 0 Å². The summed E-state index contributed by atoms with van der Waals surface area (Å²) < 4.78 is 8.34. The Balaban J connectivity index is 1.97. The van der Waals surface area contributed by atoms with Gasteiger partial charge in [0.1, 0.15) is 0 Å². The molecule has 1 unspecified atom stereocenters. The summed E-state index contributed by atoms with van der Waals surface area (Å²) in [6.45, 7) is 2.17. The van der Waals surface area contributed by atoms with Crippen LogP contribution in [0.25, 0.3) is 0 Å². The van der Waals surface area contributed by atoms with Gasteiger partial charge in [0.2, 0.25) is 0 Å². The highest BCUT2D eigenvalue weighted by Gasteiger charge is 2.20. The topological polar surface area (TPSA) is 29.0 Å². The minimum atomic E-state index is 0.675. The van der Waals surface area contributed by atoms with Gasteiger partial charge >= 0.3 is 0 Å². The quantitative estimate of drug-likeness (QED) is 0.801. The Kier molecular flexibility index (Phi) is 4.53. The molecule has 1 atom stereocenters. The number of alkyl halides is 1. The fourth-order valence-corrected chi connectivity index (χ4v) is 3.24. The second-order valence-electron chi connectivity index (χ2n) is 4.03. The largest absolute Gasteiger partial charge is 0.294 e. The van der Waals surface area contributed by atoms with Gasteiger partial charge in [0.25, 0.3) is 0 Å². The lowest BCUT2D eigenvalue weighted by Gasteiger charge is -2.27. The summed E-state index contributed by atoms with van der Waals surface area (Å²) >= 11 is 4.92. The summed E-state index contributed by atoms with van der Waals surface area (Å²) in [6.07, 6.45) is 7.25. The van der Waals surface area contributed by atoms with Crippen LogP contribution in [0.15, 0.2) is 6.20 Å². The zero-order chi connectivity index (χ0) is 10.5. The number of hydrogen-bond donors (Lipinski definition) is 0. The van der Waals surface area contributed by atoms with Crippen LogP contribution in [0, 0.1) is 0 Å². The predicted octanol–water partition coefficient (Wildman–Crippen LogP) is 2.68. The fourth-order valence-electron chi connectivity index (χ4n) is 2.08. The molecule has 15 heavy (non-hydrogen) atoms. The van der Waals surface area contributed by atoms with Crippen molar-refractivity contribution < 1.29 is 0 Å². The molecule has 1 saturated heterocycles. The molecule has 0 radical (unpaired) electrons. The van der Waals surface area contributed by atoms with Gasteiger partial charge in [-0.15, -0.1) is 0 Å². The molecule has 0 amide bonds. The summed E-state index contributed by atoms with van der Waals surface area (Å²) in [4.78, 5) is 2.54. The van der Waals surface area contributed by atoms with Crippen molar-refractivity contribution in [1.82, 2.24) is 13.6 Å². The maximum Gasteiger partial charge on any atom is 0.0883 e. The maximum atomic E-state index is 4.28. The molecule has 1 aromatic heterocycles. The van der Waals surface area contributed by atoms with Crippen molar-refractivity contribution >= 4 is 27.7 Å². The van der Waals surface area contributed by atoms with Crippen molar-refractivity contribution in [3.63, 3.8) is 0 Å².